The maximum atomic E-state index is 13.1. The number of hydrogen-bond acceptors (Lipinski definition) is 2. The number of carboxylic acids is 1. The van der Waals surface area contributed by atoms with E-state index in [4.69, 9.17) is 0 Å². The average Bonchev–Trinajstić information content (AvgIpc) is 2.45. The third-order valence-electron chi connectivity index (χ3n) is 4.09. The second-order valence-electron chi connectivity index (χ2n) is 5.36. The van der Waals surface area contributed by atoms with Gasteiger partial charge < -0.3 is 10.0 Å². The Balaban J connectivity index is 2.38. The van der Waals surface area contributed by atoms with E-state index in [9.17, 15) is 23.1 Å². The van der Waals surface area contributed by atoms with Crippen LogP contribution in [0.5, 0.6) is 0 Å². The van der Waals surface area contributed by atoms with Gasteiger partial charge in [-0.05, 0) is 30.9 Å². The van der Waals surface area contributed by atoms with Crippen molar-refractivity contribution in [3.05, 3.63) is 29.8 Å². The summed E-state index contributed by atoms with van der Waals surface area (Å²) in [4.78, 5) is 12.8. The molecule has 0 saturated carbocycles. The molecule has 0 aliphatic carbocycles. The maximum absolute atomic E-state index is 13.1. The first kappa shape index (κ1) is 15.7. The first-order chi connectivity index (χ1) is 9.84. The number of hydrogen-bond donors (Lipinski definition) is 1. The molecular formula is C15H18F3NO2. The number of nitrogens with zero attached hydrogens (tertiary/aromatic N) is 1. The van der Waals surface area contributed by atoms with Crippen molar-refractivity contribution in [3.63, 3.8) is 0 Å². The highest BCUT2D eigenvalue weighted by Crippen LogP contribution is 2.39. The summed E-state index contributed by atoms with van der Waals surface area (Å²) in [7, 11) is 0. The van der Waals surface area contributed by atoms with Crippen molar-refractivity contribution < 1.29 is 23.1 Å². The Labute approximate surface area is 121 Å². The van der Waals surface area contributed by atoms with Crippen LogP contribution < -0.4 is 4.90 Å². The van der Waals surface area contributed by atoms with Crippen LogP contribution in [-0.2, 0) is 11.0 Å². The summed E-state index contributed by atoms with van der Waals surface area (Å²) in [6.07, 6.45) is -2.54. The lowest BCUT2D eigenvalue weighted by Gasteiger charge is -2.39. The van der Waals surface area contributed by atoms with Crippen molar-refractivity contribution in [3.8, 4) is 0 Å². The maximum Gasteiger partial charge on any atom is 0.418 e. The first-order valence-electron chi connectivity index (χ1n) is 7.00. The molecule has 2 atom stereocenters. The number of carbonyl (C=O) groups is 1. The Morgan fingerprint density at radius 1 is 1.38 bits per heavy atom. The molecule has 2 unspecified atom stereocenters. The normalized spacial score (nSPS) is 23.1. The van der Waals surface area contributed by atoms with E-state index in [0.29, 0.717) is 19.4 Å². The van der Waals surface area contributed by atoms with Gasteiger partial charge in [-0.15, -0.1) is 0 Å². The van der Waals surface area contributed by atoms with Gasteiger partial charge in [-0.25, -0.2) is 4.79 Å². The summed E-state index contributed by atoms with van der Waals surface area (Å²) in [5, 5.41) is 9.35. The molecule has 21 heavy (non-hydrogen) atoms. The summed E-state index contributed by atoms with van der Waals surface area (Å²) < 4.78 is 39.3. The fourth-order valence-corrected chi connectivity index (χ4v) is 2.90. The van der Waals surface area contributed by atoms with Crippen molar-refractivity contribution in [1.29, 1.82) is 0 Å². The molecule has 1 aliphatic heterocycles. The van der Waals surface area contributed by atoms with Gasteiger partial charge in [0, 0.05) is 12.2 Å². The minimum atomic E-state index is -4.48. The minimum absolute atomic E-state index is 0.0352. The van der Waals surface area contributed by atoms with Gasteiger partial charge in [0.15, 0.2) is 0 Å². The first-order valence-corrected chi connectivity index (χ1v) is 7.00. The van der Waals surface area contributed by atoms with Crippen molar-refractivity contribution in [1.82, 2.24) is 0 Å². The quantitative estimate of drug-likeness (QED) is 0.923. The Morgan fingerprint density at radius 3 is 2.62 bits per heavy atom. The zero-order valence-electron chi connectivity index (χ0n) is 11.7. The van der Waals surface area contributed by atoms with E-state index >= 15 is 0 Å². The summed E-state index contributed by atoms with van der Waals surface area (Å²) in [5.41, 5.74) is -0.807. The number of benzene rings is 1. The fourth-order valence-electron chi connectivity index (χ4n) is 2.90. The van der Waals surface area contributed by atoms with Crippen LogP contribution in [0, 0.1) is 5.92 Å². The molecule has 116 valence electrons. The van der Waals surface area contributed by atoms with E-state index in [1.165, 1.54) is 23.1 Å². The molecule has 1 fully saturated rings. The van der Waals surface area contributed by atoms with Gasteiger partial charge in [0.1, 0.15) is 6.04 Å². The van der Waals surface area contributed by atoms with E-state index in [-0.39, 0.29) is 11.6 Å². The van der Waals surface area contributed by atoms with Gasteiger partial charge in [0.2, 0.25) is 0 Å². The van der Waals surface area contributed by atoms with Crippen molar-refractivity contribution in [2.45, 2.75) is 38.4 Å². The molecule has 1 saturated heterocycles. The average molecular weight is 301 g/mol. The third-order valence-corrected chi connectivity index (χ3v) is 4.09. The Morgan fingerprint density at radius 2 is 2.05 bits per heavy atom. The predicted octanol–water partition coefficient (Wildman–Crippen LogP) is 3.79. The highest BCUT2D eigenvalue weighted by Gasteiger charge is 2.39. The van der Waals surface area contributed by atoms with Gasteiger partial charge in [0.05, 0.1) is 5.56 Å². The molecule has 1 aromatic rings. The zero-order valence-corrected chi connectivity index (χ0v) is 11.7. The minimum Gasteiger partial charge on any atom is -0.480 e. The Kier molecular flexibility index (Phi) is 4.44. The van der Waals surface area contributed by atoms with Crippen LogP contribution in [0.4, 0.5) is 18.9 Å². The molecule has 0 amide bonds. The van der Waals surface area contributed by atoms with Gasteiger partial charge >= 0.3 is 12.1 Å². The van der Waals surface area contributed by atoms with E-state index < -0.39 is 23.8 Å². The second-order valence-corrected chi connectivity index (χ2v) is 5.36. The fraction of sp³-hybridized carbons (Fsp3) is 0.533. The number of carboxylic acid groups (broad SMARTS) is 1. The third kappa shape index (κ3) is 3.31. The van der Waals surface area contributed by atoms with Crippen LogP contribution in [0.1, 0.15) is 31.7 Å². The molecule has 0 radical (unpaired) electrons. The van der Waals surface area contributed by atoms with Crippen LogP contribution in [0.15, 0.2) is 24.3 Å². The van der Waals surface area contributed by atoms with Gasteiger partial charge in [0.25, 0.3) is 0 Å². The highest BCUT2D eigenvalue weighted by atomic mass is 19.4. The van der Waals surface area contributed by atoms with Crippen molar-refractivity contribution in [2.75, 3.05) is 11.4 Å². The van der Waals surface area contributed by atoms with Crippen molar-refractivity contribution in [2.24, 2.45) is 5.92 Å². The number of aliphatic carboxylic acids is 1. The zero-order chi connectivity index (χ0) is 15.6. The number of halogens is 3. The van der Waals surface area contributed by atoms with Crippen LogP contribution in [0.25, 0.3) is 0 Å². The van der Waals surface area contributed by atoms with E-state index in [0.717, 1.165) is 12.5 Å². The summed E-state index contributed by atoms with van der Waals surface area (Å²) in [6, 6.07) is 4.29. The van der Waals surface area contributed by atoms with E-state index in [1.54, 1.807) is 0 Å². The van der Waals surface area contributed by atoms with Crippen LogP contribution in [0.3, 0.4) is 0 Å². The molecule has 2 rings (SSSR count). The van der Waals surface area contributed by atoms with Crippen LogP contribution in [0.2, 0.25) is 0 Å². The van der Waals surface area contributed by atoms with Crippen LogP contribution >= 0.6 is 0 Å². The van der Waals surface area contributed by atoms with Gasteiger partial charge in [-0.2, -0.15) is 13.2 Å². The van der Waals surface area contributed by atoms with Crippen molar-refractivity contribution >= 4 is 11.7 Å². The van der Waals surface area contributed by atoms with Crippen LogP contribution in [-0.4, -0.2) is 23.7 Å². The van der Waals surface area contributed by atoms with Gasteiger partial charge in [-0.1, -0.05) is 25.5 Å². The Bertz CT molecular complexity index is 516. The second kappa shape index (κ2) is 5.95. The van der Waals surface area contributed by atoms with E-state index in [2.05, 4.69) is 0 Å². The molecule has 0 aromatic heterocycles. The molecular weight excluding hydrogens is 283 g/mol. The molecule has 0 bridgehead atoms. The number of anilines is 1. The summed E-state index contributed by atoms with van der Waals surface area (Å²) >= 11 is 0. The molecule has 0 spiro atoms. The number of piperidine rings is 1. The van der Waals surface area contributed by atoms with Gasteiger partial charge in [-0.3, -0.25) is 0 Å². The smallest absolute Gasteiger partial charge is 0.418 e. The lowest BCUT2D eigenvalue weighted by Crippen LogP contribution is -2.48. The predicted molar refractivity (Wildman–Crippen MR) is 73.2 cm³/mol. The summed E-state index contributed by atoms with van der Waals surface area (Å²) in [6.45, 7) is 2.31. The monoisotopic (exact) mass is 301 g/mol. The Hall–Kier alpha value is -1.72. The van der Waals surface area contributed by atoms with E-state index in [1.807, 2.05) is 6.92 Å². The number of rotatable bonds is 3. The highest BCUT2D eigenvalue weighted by molar-refractivity contribution is 5.79. The molecule has 1 aromatic carbocycles. The standard InChI is InChI=1S/C15H18F3NO2/c1-2-10-7-8-19(13(9-10)14(20)21)12-6-4-3-5-11(12)15(16,17)18/h3-6,10,13H,2,7-9H2,1H3,(H,20,21). The molecule has 1 N–H and O–H groups in total. The SMILES string of the molecule is CCC1CCN(c2ccccc2C(F)(F)F)C(C(=O)O)C1. The molecule has 1 aliphatic rings. The summed E-state index contributed by atoms with van der Waals surface area (Å²) in [5.74, 6) is -0.814. The largest absolute Gasteiger partial charge is 0.480 e. The number of para-hydroxylation sites is 1. The molecule has 3 nitrogen and oxygen atoms in total. The topological polar surface area (TPSA) is 40.5 Å². The molecule has 1 heterocycles. The molecule has 6 heteroatoms. The lowest BCUT2D eigenvalue weighted by molar-refractivity contribution is -0.141. The number of alkyl halides is 3. The lowest BCUT2D eigenvalue weighted by atomic mass is 9.88.